The molecule has 0 radical (unpaired) electrons. The molecule has 1 N–H and O–H groups in total. The number of carbonyl (C=O) groups excluding carboxylic acids is 1. The van der Waals surface area contributed by atoms with Crippen LogP contribution in [0, 0.1) is 11.8 Å². The highest BCUT2D eigenvalue weighted by molar-refractivity contribution is 5.78. The molecule has 3 heteroatoms. The van der Waals surface area contributed by atoms with Gasteiger partial charge in [-0.3, -0.25) is 4.79 Å². The van der Waals surface area contributed by atoms with Crippen molar-refractivity contribution in [3.05, 3.63) is 29.8 Å². The van der Waals surface area contributed by atoms with Gasteiger partial charge >= 0.3 is 0 Å². The molecule has 2 heterocycles. The molecule has 3 nitrogen and oxygen atoms in total. The van der Waals surface area contributed by atoms with Gasteiger partial charge in [-0.2, -0.15) is 0 Å². The summed E-state index contributed by atoms with van der Waals surface area (Å²) >= 11 is 0. The van der Waals surface area contributed by atoms with E-state index >= 15 is 0 Å². The smallest absolute Gasteiger partial charge is 0.223 e. The number of anilines is 1. The van der Waals surface area contributed by atoms with Gasteiger partial charge in [0.15, 0.2) is 0 Å². The van der Waals surface area contributed by atoms with Gasteiger partial charge in [0.25, 0.3) is 0 Å². The average Bonchev–Trinajstić information content (AvgIpc) is 2.85. The molecular formula is C17H24N2O. The first-order valence-corrected chi connectivity index (χ1v) is 7.75. The summed E-state index contributed by atoms with van der Waals surface area (Å²) in [7, 11) is 0. The second-order valence-electron chi connectivity index (χ2n) is 6.45. The molecule has 1 aromatic rings. The number of likely N-dealkylation sites (tertiary alicyclic amines) is 1. The van der Waals surface area contributed by atoms with E-state index in [0.29, 0.717) is 24.2 Å². The number of hydrogen-bond donors (Lipinski definition) is 1. The van der Waals surface area contributed by atoms with E-state index < -0.39 is 0 Å². The van der Waals surface area contributed by atoms with E-state index in [1.807, 2.05) is 6.07 Å². The third-order valence-corrected chi connectivity index (χ3v) is 5.05. The Kier molecular flexibility index (Phi) is 3.68. The van der Waals surface area contributed by atoms with Gasteiger partial charge in [-0.15, -0.1) is 0 Å². The lowest BCUT2D eigenvalue weighted by Gasteiger charge is -2.35. The quantitative estimate of drug-likeness (QED) is 0.897. The van der Waals surface area contributed by atoms with Crippen molar-refractivity contribution in [3.63, 3.8) is 0 Å². The van der Waals surface area contributed by atoms with Crippen molar-refractivity contribution >= 4 is 11.6 Å². The molecule has 108 valence electrons. The zero-order valence-electron chi connectivity index (χ0n) is 12.4. The zero-order chi connectivity index (χ0) is 14.1. The molecule has 3 rings (SSSR count). The highest BCUT2D eigenvalue weighted by Crippen LogP contribution is 2.34. The Morgan fingerprint density at radius 1 is 1.30 bits per heavy atom. The van der Waals surface area contributed by atoms with E-state index in [4.69, 9.17) is 0 Å². The van der Waals surface area contributed by atoms with Crippen molar-refractivity contribution in [2.24, 2.45) is 11.8 Å². The lowest BCUT2D eigenvalue weighted by molar-refractivity contribution is -0.133. The van der Waals surface area contributed by atoms with Crippen LogP contribution in [0.1, 0.15) is 38.2 Å². The first-order valence-electron chi connectivity index (χ1n) is 7.75. The van der Waals surface area contributed by atoms with Gasteiger partial charge in [0.05, 0.1) is 0 Å². The van der Waals surface area contributed by atoms with Crippen molar-refractivity contribution in [3.8, 4) is 0 Å². The summed E-state index contributed by atoms with van der Waals surface area (Å²) in [6, 6.07) is 8.36. The van der Waals surface area contributed by atoms with Crippen LogP contribution in [0.15, 0.2) is 24.3 Å². The third kappa shape index (κ3) is 2.54. The van der Waals surface area contributed by atoms with Gasteiger partial charge in [-0.05, 0) is 29.9 Å². The molecule has 0 aromatic heterocycles. The number of carbonyl (C=O) groups is 1. The Morgan fingerprint density at radius 2 is 2.10 bits per heavy atom. The maximum Gasteiger partial charge on any atom is 0.223 e. The van der Waals surface area contributed by atoms with E-state index in [1.54, 1.807) is 0 Å². The molecule has 1 aromatic carbocycles. The van der Waals surface area contributed by atoms with E-state index in [1.165, 1.54) is 11.3 Å². The summed E-state index contributed by atoms with van der Waals surface area (Å²) in [6.45, 7) is 7.32. The van der Waals surface area contributed by atoms with Crippen molar-refractivity contribution in [2.45, 2.75) is 32.6 Å². The summed E-state index contributed by atoms with van der Waals surface area (Å²) < 4.78 is 0. The van der Waals surface area contributed by atoms with Gasteiger partial charge in [0.2, 0.25) is 5.91 Å². The van der Waals surface area contributed by atoms with Crippen molar-refractivity contribution in [1.29, 1.82) is 0 Å². The Morgan fingerprint density at radius 3 is 2.90 bits per heavy atom. The van der Waals surface area contributed by atoms with Crippen LogP contribution in [0.4, 0.5) is 5.69 Å². The van der Waals surface area contributed by atoms with Crippen LogP contribution in [0.2, 0.25) is 0 Å². The Balaban J connectivity index is 1.63. The molecule has 0 saturated carbocycles. The van der Waals surface area contributed by atoms with Gasteiger partial charge in [-0.1, -0.05) is 32.0 Å². The number of para-hydroxylation sites is 1. The predicted octanol–water partition coefficient (Wildman–Crippen LogP) is 3.09. The van der Waals surface area contributed by atoms with Gasteiger partial charge in [-0.25, -0.2) is 0 Å². The Labute approximate surface area is 121 Å². The molecule has 2 aliphatic rings. The highest BCUT2D eigenvalue weighted by atomic mass is 16.2. The second kappa shape index (κ2) is 5.47. The van der Waals surface area contributed by atoms with Crippen molar-refractivity contribution < 1.29 is 4.79 Å². The maximum atomic E-state index is 12.5. The number of piperidine rings is 1. The summed E-state index contributed by atoms with van der Waals surface area (Å²) in [6.07, 6.45) is 1.79. The first-order chi connectivity index (χ1) is 9.65. The fourth-order valence-corrected chi connectivity index (χ4v) is 3.37. The molecule has 0 aliphatic carbocycles. The van der Waals surface area contributed by atoms with Crippen LogP contribution in [0.25, 0.3) is 0 Å². The summed E-state index contributed by atoms with van der Waals surface area (Å²) in [4.78, 5) is 14.6. The predicted molar refractivity (Wildman–Crippen MR) is 81.8 cm³/mol. The number of hydrogen-bond acceptors (Lipinski definition) is 2. The molecule has 0 bridgehead atoms. The van der Waals surface area contributed by atoms with Gasteiger partial charge < -0.3 is 10.2 Å². The zero-order valence-corrected chi connectivity index (χ0v) is 12.4. The number of nitrogens with zero attached hydrogens (tertiary/aromatic N) is 1. The lowest BCUT2D eigenvalue weighted by atomic mass is 9.88. The molecule has 20 heavy (non-hydrogen) atoms. The van der Waals surface area contributed by atoms with Gasteiger partial charge in [0, 0.05) is 37.7 Å². The monoisotopic (exact) mass is 272 g/mol. The standard InChI is InChI=1S/C17H24N2O/c1-12-7-8-19(11-13(12)2)17(20)9-14-10-18-16-6-4-3-5-15(14)16/h3-6,12-14,18H,7-11H2,1-2H3. The molecule has 1 saturated heterocycles. The molecule has 3 atom stereocenters. The van der Waals surface area contributed by atoms with Crippen LogP contribution in [0.5, 0.6) is 0 Å². The van der Waals surface area contributed by atoms with Crippen LogP contribution >= 0.6 is 0 Å². The first kappa shape index (κ1) is 13.5. The van der Waals surface area contributed by atoms with Crippen molar-refractivity contribution in [1.82, 2.24) is 4.90 Å². The summed E-state index contributed by atoms with van der Waals surface area (Å²) in [5.74, 6) is 2.04. The van der Waals surface area contributed by atoms with Crippen LogP contribution in [-0.4, -0.2) is 30.4 Å². The van der Waals surface area contributed by atoms with Crippen molar-refractivity contribution in [2.75, 3.05) is 25.0 Å². The molecule has 1 amide bonds. The van der Waals surface area contributed by atoms with E-state index in [0.717, 1.165) is 32.0 Å². The van der Waals surface area contributed by atoms with Crippen LogP contribution in [-0.2, 0) is 4.79 Å². The second-order valence-corrected chi connectivity index (χ2v) is 6.45. The largest absolute Gasteiger partial charge is 0.384 e. The fourth-order valence-electron chi connectivity index (χ4n) is 3.37. The minimum absolute atomic E-state index is 0.326. The molecule has 2 aliphatic heterocycles. The molecule has 3 unspecified atom stereocenters. The minimum atomic E-state index is 0.326. The SMILES string of the molecule is CC1CCN(C(=O)CC2CNc3ccccc32)CC1C. The number of benzene rings is 1. The van der Waals surface area contributed by atoms with Gasteiger partial charge in [0.1, 0.15) is 0 Å². The maximum absolute atomic E-state index is 12.5. The van der Waals surface area contributed by atoms with Crippen LogP contribution in [0.3, 0.4) is 0 Å². The topological polar surface area (TPSA) is 32.3 Å². The van der Waals surface area contributed by atoms with E-state index in [9.17, 15) is 4.79 Å². The lowest BCUT2D eigenvalue weighted by Crippen LogP contribution is -2.42. The summed E-state index contributed by atoms with van der Waals surface area (Å²) in [5.41, 5.74) is 2.50. The number of fused-ring (bicyclic) bond motifs is 1. The number of amides is 1. The fraction of sp³-hybridized carbons (Fsp3) is 0.588. The Hall–Kier alpha value is -1.51. The number of nitrogens with one attached hydrogen (secondary N) is 1. The normalized spacial score (nSPS) is 28.9. The van der Waals surface area contributed by atoms with Crippen LogP contribution < -0.4 is 5.32 Å². The Bertz CT molecular complexity index is 500. The number of rotatable bonds is 2. The molecule has 0 spiro atoms. The summed E-state index contributed by atoms with van der Waals surface area (Å²) in [5, 5.41) is 3.40. The average molecular weight is 272 g/mol. The molecular weight excluding hydrogens is 248 g/mol. The van der Waals surface area contributed by atoms with E-state index in [-0.39, 0.29) is 0 Å². The third-order valence-electron chi connectivity index (χ3n) is 5.05. The minimum Gasteiger partial charge on any atom is -0.384 e. The van der Waals surface area contributed by atoms with E-state index in [2.05, 4.69) is 42.3 Å². The molecule has 1 fully saturated rings. The highest BCUT2D eigenvalue weighted by Gasteiger charge is 2.29.